The van der Waals surface area contributed by atoms with E-state index in [0.717, 1.165) is 23.7 Å². The number of guanidine groups is 1. The van der Waals surface area contributed by atoms with Crippen LogP contribution in [0.4, 0.5) is 0 Å². The Bertz CT molecular complexity index is 582. The van der Waals surface area contributed by atoms with Crippen LogP contribution in [0.3, 0.4) is 0 Å². The van der Waals surface area contributed by atoms with Crippen molar-refractivity contribution in [2.24, 2.45) is 4.99 Å². The number of hydrogen-bond donors (Lipinski definition) is 3. The lowest BCUT2D eigenvalue weighted by Crippen LogP contribution is -2.42. The van der Waals surface area contributed by atoms with Crippen LogP contribution >= 0.6 is 35.3 Å². The molecule has 0 amide bonds. The van der Waals surface area contributed by atoms with Crippen LogP contribution < -0.4 is 15.4 Å². The van der Waals surface area contributed by atoms with Crippen molar-refractivity contribution in [3.63, 3.8) is 0 Å². The topological polar surface area (TPSA) is 95.5 Å². The predicted octanol–water partition coefficient (Wildman–Crippen LogP) is 1.02. The number of thiazole rings is 1. The van der Waals surface area contributed by atoms with Gasteiger partial charge in [-0.25, -0.2) is 18.1 Å². The molecule has 0 aliphatic carbocycles. The van der Waals surface area contributed by atoms with E-state index >= 15 is 0 Å². The van der Waals surface area contributed by atoms with Gasteiger partial charge in [0.2, 0.25) is 10.0 Å². The molecule has 0 saturated heterocycles. The molecular formula is C13H26IN5O2S2. The van der Waals surface area contributed by atoms with E-state index in [1.54, 1.807) is 25.3 Å². The Labute approximate surface area is 159 Å². The Hall–Kier alpha value is -0.460. The molecule has 0 aliphatic rings. The molecule has 0 spiro atoms. The van der Waals surface area contributed by atoms with Gasteiger partial charge in [-0.1, -0.05) is 0 Å². The third-order valence-electron chi connectivity index (χ3n) is 3.05. The maximum Gasteiger partial charge on any atom is 0.211 e. The molecule has 0 aliphatic heterocycles. The Balaban J connectivity index is 0.00000484. The van der Waals surface area contributed by atoms with Gasteiger partial charge in [0.15, 0.2) is 5.96 Å². The number of aryl methyl sites for hydroxylation is 2. The van der Waals surface area contributed by atoms with Crippen LogP contribution in [0.5, 0.6) is 0 Å². The summed E-state index contributed by atoms with van der Waals surface area (Å²) in [4.78, 5) is 9.83. The van der Waals surface area contributed by atoms with Crippen molar-refractivity contribution < 1.29 is 8.42 Å². The number of aromatic nitrogens is 1. The molecule has 7 nitrogen and oxygen atoms in total. The SMILES string of the molecule is CCS(=O)(=O)NCCNC(=NC)NCCc1nc(C)c(C)s1.I. The first kappa shape index (κ1) is 22.5. The highest BCUT2D eigenvalue weighted by Crippen LogP contribution is 2.16. The minimum Gasteiger partial charge on any atom is -0.356 e. The third kappa shape index (κ3) is 8.82. The van der Waals surface area contributed by atoms with Crippen molar-refractivity contribution in [3.05, 3.63) is 15.6 Å². The van der Waals surface area contributed by atoms with E-state index in [1.165, 1.54) is 4.88 Å². The number of rotatable bonds is 8. The van der Waals surface area contributed by atoms with E-state index in [-0.39, 0.29) is 29.7 Å². The highest BCUT2D eigenvalue weighted by molar-refractivity contribution is 14.0. The van der Waals surface area contributed by atoms with E-state index in [1.807, 2.05) is 6.92 Å². The summed E-state index contributed by atoms with van der Waals surface area (Å²) in [5.41, 5.74) is 1.09. The maximum absolute atomic E-state index is 11.3. The van der Waals surface area contributed by atoms with Crippen LogP contribution in [0.25, 0.3) is 0 Å². The fourth-order valence-corrected chi connectivity index (χ4v) is 3.19. The molecule has 1 aromatic heterocycles. The van der Waals surface area contributed by atoms with Crippen LogP contribution in [0.15, 0.2) is 4.99 Å². The van der Waals surface area contributed by atoms with Crippen molar-refractivity contribution in [1.29, 1.82) is 0 Å². The molecule has 1 aromatic rings. The second-order valence-electron chi connectivity index (χ2n) is 4.72. The fourth-order valence-electron chi connectivity index (χ4n) is 1.64. The van der Waals surface area contributed by atoms with Crippen molar-refractivity contribution in [3.8, 4) is 0 Å². The zero-order valence-electron chi connectivity index (χ0n) is 14.0. The summed E-state index contributed by atoms with van der Waals surface area (Å²) in [5.74, 6) is 0.743. The second kappa shape index (κ2) is 11.2. The summed E-state index contributed by atoms with van der Waals surface area (Å²) in [6.07, 6.45) is 0.836. The number of nitrogens with one attached hydrogen (secondary N) is 3. The molecule has 3 N–H and O–H groups in total. The summed E-state index contributed by atoms with van der Waals surface area (Å²) in [7, 11) is -1.45. The molecule has 0 fully saturated rings. The maximum atomic E-state index is 11.3. The molecule has 0 unspecified atom stereocenters. The molecule has 0 bridgehead atoms. The molecular weight excluding hydrogens is 449 g/mol. The Morgan fingerprint density at radius 1 is 1.22 bits per heavy atom. The molecule has 10 heteroatoms. The summed E-state index contributed by atoms with van der Waals surface area (Å²) in [6.45, 7) is 7.24. The summed E-state index contributed by atoms with van der Waals surface area (Å²) in [5, 5.41) is 7.36. The quantitative estimate of drug-likeness (QED) is 0.226. The summed E-state index contributed by atoms with van der Waals surface area (Å²) < 4.78 is 25.1. The van der Waals surface area contributed by atoms with Gasteiger partial charge < -0.3 is 10.6 Å². The van der Waals surface area contributed by atoms with E-state index < -0.39 is 10.0 Å². The average Bonchev–Trinajstić information content (AvgIpc) is 2.80. The third-order valence-corrected chi connectivity index (χ3v) is 5.58. The largest absolute Gasteiger partial charge is 0.356 e. The number of halogens is 1. The van der Waals surface area contributed by atoms with Crippen molar-refractivity contribution in [1.82, 2.24) is 20.3 Å². The van der Waals surface area contributed by atoms with E-state index in [4.69, 9.17) is 0 Å². The minimum atomic E-state index is -3.14. The first-order valence-electron chi connectivity index (χ1n) is 7.22. The van der Waals surface area contributed by atoms with Gasteiger partial charge in [-0.05, 0) is 20.8 Å². The van der Waals surface area contributed by atoms with Crippen LogP contribution in [0, 0.1) is 13.8 Å². The predicted molar refractivity (Wildman–Crippen MR) is 108 cm³/mol. The lowest BCUT2D eigenvalue weighted by Gasteiger charge is -2.11. The molecule has 0 saturated carbocycles. The monoisotopic (exact) mass is 475 g/mol. The average molecular weight is 475 g/mol. The van der Waals surface area contributed by atoms with Crippen molar-refractivity contribution in [2.45, 2.75) is 27.2 Å². The number of sulfonamides is 1. The highest BCUT2D eigenvalue weighted by Gasteiger charge is 2.06. The molecule has 1 rings (SSSR count). The van der Waals surface area contributed by atoms with Gasteiger partial charge >= 0.3 is 0 Å². The highest BCUT2D eigenvalue weighted by atomic mass is 127. The minimum absolute atomic E-state index is 0. The van der Waals surface area contributed by atoms with Crippen LogP contribution in [-0.2, 0) is 16.4 Å². The zero-order chi connectivity index (χ0) is 16.6. The molecule has 0 aromatic carbocycles. The van der Waals surface area contributed by atoms with Gasteiger partial charge in [0, 0.05) is 38.0 Å². The van der Waals surface area contributed by atoms with Crippen molar-refractivity contribution >= 4 is 51.3 Å². The van der Waals surface area contributed by atoms with Gasteiger partial charge in [-0.2, -0.15) is 0 Å². The smallest absolute Gasteiger partial charge is 0.211 e. The van der Waals surface area contributed by atoms with Crippen LogP contribution in [-0.4, -0.2) is 51.8 Å². The Kier molecular flexibility index (Phi) is 10.9. The summed E-state index contributed by atoms with van der Waals surface area (Å²) >= 11 is 1.71. The molecule has 1 heterocycles. The zero-order valence-corrected chi connectivity index (χ0v) is 17.9. The molecule has 0 atom stereocenters. The standard InChI is InChI=1S/C13H25N5O2S2.HI/c1-5-22(19,20)17-9-8-16-13(14-4)15-7-6-12-18-10(2)11(3)21-12;/h17H,5-9H2,1-4H3,(H2,14,15,16);1H. The first-order chi connectivity index (χ1) is 10.4. The first-order valence-corrected chi connectivity index (χ1v) is 9.69. The normalized spacial score (nSPS) is 11.9. The summed E-state index contributed by atoms with van der Waals surface area (Å²) in [6, 6.07) is 0. The number of aliphatic imine (C=N–C) groups is 1. The molecule has 134 valence electrons. The van der Waals surface area contributed by atoms with Gasteiger partial charge in [-0.15, -0.1) is 35.3 Å². The lowest BCUT2D eigenvalue weighted by atomic mass is 10.4. The van der Waals surface area contributed by atoms with E-state index in [0.29, 0.717) is 19.0 Å². The van der Waals surface area contributed by atoms with E-state index in [2.05, 4.69) is 32.3 Å². The number of nitrogens with zero attached hydrogens (tertiary/aromatic N) is 2. The van der Waals surface area contributed by atoms with Crippen molar-refractivity contribution in [2.75, 3.05) is 32.4 Å². The van der Waals surface area contributed by atoms with Gasteiger partial charge in [0.25, 0.3) is 0 Å². The van der Waals surface area contributed by atoms with Crippen LogP contribution in [0.2, 0.25) is 0 Å². The molecule has 23 heavy (non-hydrogen) atoms. The Morgan fingerprint density at radius 2 is 1.87 bits per heavy atom. The second-order valence-corrected chi connectivity index (χ2v) is 8.11. The van der Waals surface area contributed by atoms with Crippen LogP contribution in [0.1, 0.15) is 22.5 Å². The number of hydrogen-bond acceptors (Lipinski definition) is 5. The van der Waals surface area contributed by atoms with Gasteiger partial charge in [0.1, 0.15) is 0 Å². The van der Waals surface area contributed by atoms with E-state index in [9.17, 15) is 8.42 Å². The molecule has 0 radical (unpaired) electrons. The van der Waals surface area contributed by atoms with Gasteiger partial charge in [-0.3, -0.25) is 4.99 Å². The fraction of sp³-hybridized carbons (Fsp3) is 0.692. The Morgan fingerprint density at radius 3 is 2.39 bits per heavy atom. The lowest BCUT2D eigenvalue weighted by molar-refractivity contribution is 0.582. The van der Waals surface area contributed by atoms with Gasteiger partial charge in [0.05, 0.1) is 16.5 Å².